The molecule has 1 aromatic heterocycles. The first-order valence-electron chi connectivity index (χ1n) is 15.0. The summed E-state index contributed by atoms with van der Waals surface area (Å²) >= 11 is 0. The number of allylic oxidation sites excluding steroid dienone is 1. The van der Waals surface area contributed by atoms with Crippen molar-refractivity contribution in [2.24, 2.45) is 11.8 Å². The van der Waals surface area contributed by atoms with Crippen molar-refractivity contribution < 1.29 is 9.32 Å². The smallest absolute Gasteiger partial charge is 0.167 e. The van der Waals surface area contributed by atoms with Crippen molar-refractivity contribution in [2.75, 3.05) is 0 Å². The maximum atomic E-state index is 13.2. The van der Waals surface area contributed by atoms with Crippen molar-refractivity contribution in [1.29, 1.82) is 0 Å². The Bertz CT molecular complexity index is 1510. The van der Waals surface area contributed by atoms with Crippen LogP contribution in [0, 0.1) is 18.8 Å². The fourth-order valence-electron chi connectivity index (χ4n) is 6.61. The summed E-state index contributed by atoms with van der Waals surface area (Å²) in [4.78, 5) is 13.2. The van der Waals surface area contributed by atoms with Gasteiger partial charge >= 0.3 is 0 Å². The molecule has 1 saturated carbocycles. The predicted molar refractivity (Wildman–Crippen MR) is 162 cm³/mol. The molecule has 0 radical (unpaired) electrons. The van der Waals surface area contributed by atoms with E-state index in [0.717, 1.165) is 46.9 Å². The summed E-state index contributed by atoms with van der Waals surface area (Å²) in [6, 6.07) is 26.3. The molecular weight excluding hydrogens is 490 g/mol. The molecule has 3 atom stereocenters. The number of benzene rings is 3. The zero-order valence-corrected chi connectivity index (χ0v) is 23.7. The van der Waals surface area contributed by atoms with Gasteiger partial charge in [0, 0.05) is 17.5 Å². The van der Waals surface area contributed by atoms with Crippen LogP contribution in [-0.4, -0.2) is 10.9 Å². The van der Waals surface area contributed by atoms with Gasteiger partial charge in [-0.2, -0.15) is 0 Å². The Morgan fingerprint density at radius 3 is 2.52 bits per heavy atom. The maximum absolute atomic E-state index is 13.2. The second kappa shape index (κ2) is 11.8. The molecule has 2 aliphatic carbocycles. The van der Waals surface area contributed by atoms with E-state index >= 15 is 0 Å². The van der Waals surface area contributed by atoms with Crippen LogP contribution in [0.15, 0.2) is 83.4 Å². The molecule has 1 heterocycles. The Balaban J connectivity index is 1.18. The summed E-state index contributed by atoms with van der Waals surface area (Å²) in [5, 5.41) is 4.07. The normalized spacial score (nSPS) is 21.1. The lowest BCUT2D eigenvalue weighted by atomic mass is 9.86. The zero-order valence-electron chi connectivity index (χ0n) is 23.7. The van der Waals surface area contributed by atoms with Gasteiger partial charge in [-0.3, -0.25) is 4.79 Å². The number of fused-ring (bicyclic) bond motifs is 1. The summed E-state index contributed by atoms with van der Waals surface area (Å²) in [5.74, 6) is 2.41. The van der Waals surface area contributed by atoms with Crippen LogP contribution >= 0.6 is 0 Å². The van der Waals surface area contributed by atoms with Gasteiger partial charge < -0.3 is 4.52 Å². The molecule has 4 aromatic rings. The van der Waals surface area contributed by atoms with E-state index in [1.165, 1.54) is 54.4 Å². The number of aromatic nitrogens is 1. The van der Waals surface area contributed by atoms with Crippen LogP contribution in [0.5, 0.6) is 0 Å². The van der Waals surface area contributed by atoms with Crippen LogP contribution < -0.4 is 0 Å². The van der Waals surface area contributed by atoms with Crippen molar-refractivity contribution in [2.45, 2.75) is 71.1 Å². The number of carbonyl (C=O) groups is 1. The van der Waals surface area contributed by atoms with Crippen LogP contribution in [0.3, 0.4) is 0 Å². The number of nitrogens with zero attached hydrogens (tertiary/aromatic N) is 1. The Morgan fingerprint density at radius 1 is 0.875 bits per heavy atom. The fourth-order valence-corrected chi connectivity index (χ4v) is 6.61. The predicted octanol–water partition coefficient (Wildman–Crippen LogP) is 8.92. The number of aryl methyl sites for hydroxylation is 1. The van der Waals surface area contributed by atoms with Gasteiger partial charge in [-0.05, 0) is 90.3 Å². The van der Waals surface area contributed by atoms with Gasteiger partial charge in [0.25, 0.3) is 0 Å². The Morgan fingerprint density at radius 2 is 1.70 bits per heavy atom. The third kappa shape index (κ3) is 6.04. The summed E-state index contributed by atoms with van der Waals surface area (Å²) < 4.78 is 5.56. The highest BCUT2D eigenvalue weighted by Gasteiger charge is 2.24. The molecule has 3 nitrogen and oxygen atoms in total. The van der Waals surface area contributed by atoms with E-state index in [-0.39, 0.29) is 11.7 Å². The third-order valence-corrected chi connectivity index (χ3v) is 9.00. The molecule has 2 aliphatic rings. The fraction of sp³-hybridized carbons (Fsp3) is 0.351. The molecule has 3 unspecified atom stereocenters. The van der Waals surface area contributed by atoms with E-state index in [9.17, 15) is 4.79 Å². The molecule has 3 heteroatoms. The highest BCUT2D eigenvalue weighted by atomic mass is 16.5. The van der Waals surface area contributed by atoms with Gasteiger partial charge in [0.2, 0.25) is 0 Å². The van der Waals surface area contributed by atoms with Crippen molar-refractivity contribution in [1.82, 2.24) is 5.16 Å². The molecule has 0 spiro atoms. The van der Waals surface area contributed by atoms with E-state index in [4.69, 9.17) is 4.52 Å². The first-order chi connectivity index (χ1) is 19.5. The Kier molecular flexibility index (Phi) is 7.82. The molecule has 0 bridgehead atoms. The van der Waals surface area contributed by atoms with Crippen molar-refractivity contribution in [3.8, 4) is 11.3 Å². The minimum Gasteiger partial charge on any atom is -0.356 e. The Labute approximate surface area is 238 Å². The number of carbonyl (C=O) groups excluding carboxylic acids is 1. The van der Waals surface area contributed by atoms with E-state index < -0.39 is 0 Å². The molecule has 204 valence electrons. The summed E-state index contributed by atoms with van der Waals surface area (Å²) in [6.45, 7) is 4.33. The molecule has 0 amide bonds. The van der Waals surface area contributed by atoms with Crippen LogP contribution in [0.1, 0.15) is 84.0 Å². The van der Waals surface area contributed by atoms with E-state index in [2.05, 4.69) is 66.7 Å². The van der Waals surface area contributed by atoms with Gasteiger partial charge in [0.15, 0.2) is 11.5 Å². The average molecular weight is 530 g/mol. The minimum absolute atomic E-state index is 0.112. The van der Waals surface area contributed by atoms with Crippen molar-refractivity contribution >= 4 is 11.9 Å². The first kappa shape index (κ1) is 26.5. The zero-order chi connectivity index (χ0) is 27.5. The largest absolute Gasteiger partial charge is 0.356 e. The van der Waals surface area contributed by atoms with Gasteiger partial charge in [-0.25, -0.2) is 0 Å². The molecular formula is C37H39NO2. The van der Waals surface area contributed by atoms with E-state index in [1.807, 2.05) is 31.2 Å². The van der Waals surface area contributed by atoms with Crippen molar-refractivity contribution in [3.05, 3.63) is 118 Å². The van der Waals surface area contributed by atoms with Crippen molar-refractivity contribution in [3.63, 3.8) is 0 Å². The summed E-state index contributed by atoms with van der Waals surface area (Å²) in [7, 11) is 0. The quantitative estimate of drug-likeness (QED) is 0.234. The SMILES string of the molecule is Cc1cc(-c2ccccc2CC2Cc3cc(Cc4ccc(C5CCCC(C)CC5)cc4)ccc3C=CC2=O)on1. The van der Waals surface area contributed by atoms with Gasteiger partial charge in [0.05, 0.1) is 5.69 Å². The highest BCUT2D eigenvalue weighted by Crippen LogP contribution is 2.34. The number of ketones is 1. The third-order valence-electron chi connectivity index (χ3n) is 9.00. The van der Waals surface area contributed by atoms with E-state index in [1.54, 1.807) is 6.08 Å². The molecule has 1 fully saturated rings. The molecule has 0 saturated heterocycles. The number of hydrogen-bond donors (Lipinski definition) is 0. The minimum atomic E-state index is -0.112. The molecule has 3 aromatic carbocycles. The van der Waals surface area contributed by atoms with Crippen LogP contribution in [0.25, 0.3) is 17.4 Å². The lowest BCUT2D eigenvalue weighted by Crippen LogP contribution is -2.17. The molecule has 0 N–H and O–H groups in total. The summed E-state index contributed by atoms with van der Waals surface area (Å²) in [5.41, 5.74) is 9.54. The number of hydrogen-bond acceptors (Lipinski definition) is 3. The van der Waals surface area contributed by atoms with E-state index in [0.29, 0.717) is 12.3 Å². The standard InChI is InChI=1S/C37H39NO2/c1-25-6-5-8-29(14-10-25)30-15-11-27(12-16-30)21-28-13-17-31-18-19-36(39)34(24-33(31)22-28)23-32-7-3-4-9-35(32)37-20-26(2)38-40-37/h3-4,7,9,11-13,15-20,22,25,29,34H,5-6,8,10,14,21,23-24H2,1-2H3. The average Bonchev–Trinajstić information content (AvgIpc) is 3.19. The second-order valence-corrected chi connectivity index (χ2v) is 12.1. The highest BCUT2D eigenvalue weighted by molar-refractivity contribution is 5.97. The lowest BCUT2D eigenvalue weighted by Gasteiger charge is -2.17. The maximum Gasteiger partial charge on any atom is 0.167 e. The first-order valence-corrected chi connectivity index (χ1v) is 15.0. The molecule has 0 aliphatic heterocycles. The van der Waals surface area contributed by atoms with Gasteiger partial charge in [-0.15, -0.1) is 0 Å². The Hall–Kier alpha value is -3.72. The summed E-state index contributed by atoms with van der Waals surface area (Å²) in [6.07, 6.45) is 12.8. The van der Waals surface area contributed by atoms with Gasteiger partial charge in [0.1, 0.15) is 0 Å². The molecule has 40 heavy (non-hydrogen) atoms. The monoisotopic (exact) mass is 529 g/mol. The number of rotatable bonds is 6. The topological polar surface area (TPSA) is 43.1 Å². The van der Waals surface area contributed by atoms with Crippen LogP contribution in [0.4, 0.5) is 0 Å². The van der Waals surface area contributed by atoms with Crippen LogP contribution in [0.2, 0.25) is 0 Å². The van der Waals surface area contributed by atoms with Crippen LogP contribution in [-0.2, 0) is 24.1 Å². The molecule has 6 rings (SSSR count). The van der Waals surface area contributed by atoms with Gasteiger partial charge in [-0.1, -0.05) is 104 Å². The lowest BCUT2D eigenvalue weighted by molar-refractivity contribution is -0.118. The second-order valence-electron chi connectivity index (χ2n) is 12.1.